The van der Waals surface area contributed by atoms with Gasteiger partial charge in [0.1, 0.15) is 0 Å². The zero-order valence-corrected chi connectivity index (χ0v) is 11.7. The SMILES string of the molecule is O=C1CC(=O)N(Cc2ccc(CN3CCCC3)cc2)C1. The summed E-state index contributed by atoms with van der Waals surface area (Å²) in [4.78, 5) is 26.9. The van der Waals surface area contributed by atoms with E-state index < -0.39 is 0 Å². The van der Waals surface area contributed by atoms with Gasteiger partial charge in [0, 0.05) is 13.1 Å². The smallest absolute Gasteiger partial charge is 0.230 e. The number of hydrogen-bond donors (Lipinski definition) is 0. The topological polar surface area (TPSA) is 40.6 Å². The molecule has 0 N–H and O–H groups in total. The van der Waals surface area contributed by atoms with Crippen molar-refractivity contribution >= 4 is 11.7 Å². The second-order valence-corrected chi connectivity index (χ2v) is 5.77. The van der Waals surface area contributed by atoms with Crippen LogP contribution >= 0.6 is 0 Å². The van der Waals surface area contributed by atoms with E-state index >= 15 is 0 Å². The molecule has 1 amide bonds. The Hall–Kier alpha value is -1.68. The first-order chi connectivity index (χ1) is 9.70. The van der Waals surface area contributed by atoms with Crippen molar-refractivity contribution in [1.82, 2.24) is 9.80 Å². The molecule has 0 saturated carbocycles. The first-order valence-electron chi connectivity index (χ1n) is 7.30. The zero-order chi connectivity index (χ0) is 13.9. The van der Waals surface area contributed by atoms with Crippen LogP contribution in [0.1, 0.15) is 30.4 Å². The first kappa shape index (κ1) is 13.3. The standard InChI is InChI=1S/C16H20N2O2/c19-15-9-16(20)18(12-15)11-14-5-3-13(4-6-14)10-17-7-1-2-8-17/h3-6H,1-2,7-12H2. The third kappa shape index (κ3) is 3.07. The van der Waals surface area contributed by atoms with E-state index in [2.05, 4.69) is 29.2 Å². The minimum Gasteiger partial charge on any atom is -0.331 e. The van der Waals surface area contributed by atoms with E-state index in [4.69, 9.17) is 0 Å². The van der Waals surface area contributed by atoms with Crippen LogP contribution in [0.4, 0.5) is 0 Å². The van der Waals surface area contributed by atoms with Gasteiger partial charge in [-0.25, -0.2) is 0 Å². The maximum Gasteiger partial charge on any atom is 0.230 e. The lowest BCUT2D eigenvalue weighted by Gasteiger charge is -2.16. The van der Waals surface area contributed by atoms with E-state index in [1.807, 2.05) is 0 Å². The lowest BCUT2D eigenvalue weighted by molar-refractivity contribution is -0.128. The van der Waals surface area contributed by atoms with Crippen LogP contribution in [0, 0.1) is 0 Å². The summed E-state index contributed by atoms with van der Waals surface area (Å²) in [7, 11) is 0. The number of carbonyl (C=O) groups excluding carboxylic acids is 2. The van der Waals surface area contributed by atoms with Crippen LogP contribution in [0.25, 0.3) is 0 Å². The number of nitrogens with zero attached hydrogens (tertiary/aromatic N) is 2. The van der Waals surface area contributed by atoms with E-state index in [0.29, 0.717) is 6.54 Å². The minimum atomic E-state index is -0.0452. The Balaban J connectivity index is 1.58. The first-order valence-corrected chi connectivity index (χ1v) is 7.30. The van der Waals surface area contributed by atoms with Gasteiger partial charge in [-0.3, -0.25) is 14.5 Å². The largest absolute Gasteiger partial charge is 0.331 e. The maximum absolute atomic E-state index is 11.6. The molecule has 4 heteroatoms. The second kappa shape index (κ2) is 5.75. The summed E-state index contributed by atoms with van der Waals surface area (Å²) in [6.07, 6.45) is 2.69. The Morgan fingerprint density at radius 1 is 0.900 bits per heavy atom. The van der Waals surface area contributed by atoms with Gasteiger partial charge < -0.3 is 4.90 Å². The third-order valence-corrected chi connectivity index (χ3v) is 4.07. The molecule has 0 bridgehead atoms. The Morgan fingerprint density at radius 3 is 2.05 bits per heavy atom. The van der Waals surface area contributed by atoms with Crippen molar-refractivity contribution < 1.29 is 9.59 Å². The highest BCUT2D eigenvalue weighted by Crippen LogP contribution is 2.15. The number of rotatable bonds is 4. The van der Waals surface area contributed by atoms with E-state index in [1.54, 1.807) is 4.90 Å². The van der Waals surface area contributed by atoms with Gasteiger partial charge in [-0.2, -0.15) is 0 Å². The molecule has 0 radical (unpaired) electrons. The summed E-state index contributed by atoms with van der Waals surface area (Å²) in [5, 5.41) is 0. The van der Waals surface area contributed by atoms with Gasteiger partial charge in [0.25, 0.3) is 0 Å². The fourth-order valence-electron chi connectivity index (χ4n) is 2.95. The number of amides is 1. The van der Waals surface area contributed by atoms with E-state index in [0.717, 1.165) is 12.1 Å². The van der Waals surface area contributed by atoms with E-state index in [1.165, 1.54) is 31.5 Å². The monoisotopic (exact) mass is 272 g/mol. The van der Waals surface area contributed by atoms with Crippen LogP contribution in [-0.4, -0.2) is 41.1 Å². The average molecular weight is 272 g/mol. The third-order valence-electron chi connectivity index (χ3n) is 4.07. The molecule has 20 heavy (non-hydrogen) atoms. The van der Waals surface area contributed by atoms with Crippen LogP contribution in [0.3, 0.4) is 0 Å². The number of hydrogen-bond acceptors (Lipinski definition) is 3. The summed E-state index contributed by atoms with van der Waals surface area (Å²) in [5.74, 6) is -0.0169. The summed E-state index contributed by atoms with van der Waals surface area (Å²) in [6, 6.07) is 8.41. The lowest BCUT2D eigenvalue weighted by atomic mass is 10.1. The molecule has 1 aromatic rings. The lowest BCUT2D eigenvalue weighted by Crippen LogP contribution is -2.24. The maximum atomic E-state index is 11.6. The molecule has 3 rings (SSSR count). The van der Waals surface area contributed by atoms with E-state index in [-0.39, 0.29) is 24.7 Å². The molecular weight excluding hydrogens is 252 g/mol. The molecule has 2 aliphatic heterocycles. The minimum absolute atomic E-state index is 0.0284. The predicted molar refractivity (Wildman–Crippen MR) is 76.0 cm³/mol. The number of Topliss-reactive ketones (excluding diaryl/α,β-unsaturated/α-hetero) is 1. The Kier molecular flexibility index (Phi) is 3.83. The summed E-state index contributed by atoms with van der Waals surface area (Å²) in [5.41, 5.74) is 2.41. The Morgan fingerprint density at radius 2 is 1.50 bits per heavy atom. The molecule has 4 nitrogen and oxygen atoms in total. The van der Waals surface area contributed by atoms with Crippen LogP contribution in [0.15, 0.2) is 24.3 Å². The summed E-state index contributed by atoms with van der Waals surface area (Å²) >= 11 is 0. The van der Waals surface area contributed by atoms with Crippen molar-refractivity contribution in [2.45, 2.75) is 32.4 Å². The fraction of sp³-hybridized carbons (Fsp3) is 0.500. The van der Waals surface area contributed by atoms with Gasteiger partial charge in [0.05, 0.1) is 13.0 Å². The molecule has 0 aromatic heterocycles. The molecule has 2 aliphatic rings. The summed E-state index contributed by atoms with van der Waals surface area (Å²) < 4.78 is 0. The van der Waals surface area contributed by atoms with Gasteiger partial charge >= 0.3 is 0 Å². The quantitative estimate of drug-likeness (QED) is 0.781. The fourth-order valence-corrected chi connectivity index (χ4v) is 2.95. The number of ketones is 1. The van der Waals surface area contributed by atoms with Crippen LogP contribution in [-0.2, 0) is 22.7 Å². The average Bonchev–Trinajstić information content (AvgIpc) is 3.03. The van der Waals surface area contributed by atoms with Crippen molar-refractivity contribution in [2.75, 3.05) is 19.6 Å². The predicted octanol–water partition coefficient (Wildman–Crippen LogP) is 1.58. The van der Waals surface area contributed by atoms with Gasteiger partial charge in [-0.1, -0.05) is 24.3 Å². The number of likely N-dealkylation sites (tertiary alicyclic amines) is 2. The Bertz CT molecular complexity index is 504. The van der Waals surface area contributed by atoms with Crippen molar-refractivity contribution in [3.05, 3.63) is 35.4 Å². The van der Waals surface area contributed by atoms with Crippen LogP contribution in [0.5, 0.6) is 0 Å². The van der Waals surface area contributed by atoms with Gasteiger partial charge in [0.2, 0.25) is 5.91 Å². The molecule has 0 spiro atoms. The highest BCUT2D eigenvalue weighted by atomic mass is 16.2. The normalized spacial score (nSPS) is 20.1. The highest BCUT2D eigenvalue weighted by Gasteiger charge is 2.27. The van der Waals surface area contributed by atoms with Gasteiger partial charge in [0.15, 0.2) is 5.78 Å². The number of carbonyl (C=O) groups is 2. The zero-order valence-electron chi connectivity index (χ0n) is 11.7. The van der Waals surface area contributed by atoms with E-state index in [9.17, 15) is 9.59 Å². The van der Waals surface area contributed by atoms with Crippen LogP contribution < -0.4 is 0 Å². The summed E-state index contributed by atoms with van der Waals surface area (Å²) in [6.45, 7) is 4.24. The van der Waals surface area contributed by atoms with Crippen molar-refractivity contribution in [1.29, 1.82) is 0 Å². The van der Waals surface area contributed by atoms with Crippen molar-refractivity contribution in [3.63, 3.8) is 0 Å². The molecule has 2 fully saturated rings. The molecule has 0 aliphatic carbocycles. The molecule has 2 saturated heterocycles. The number of benzene rings is 1. The van der Waals surface area contributed by atoms with Gasteiger partial charge in [-0.15, -0.1) is 0 Å². The molecule has 2 heterocycles. The highest BCUT2D eigenvalue weighted by molar-refractivity contribution is 6.05. The molecule has 0 unspecified atom stereocenters. The van der Waals surface area contributed by atoms with Gasteiger partial charge in [-0.05, 0) is 37.1 Å². The van der Waals surface area contributed by atoms with Crippen molar-refractivity contribution in [2.24, 2.45) is 0 Å². The van der Waals surface area contributed by atoms with Crippen LogP contribution in [0.2, 0.25) is 0 Å². The second-order valence-electron chi connectivity index (χ2n) is 5.77. The van der Waals surface area contributed by atoms with Crippen molar-refractivity contribution in [3.8, 4) is 0 Å². The Labute approximate surface area is 119 Å². The molecule has 106 valence electrons. The molecular formula is C16H20N2O2. The molecule has 1 aromatic carbocycles. The molecule has 0 atom stereocenters.